The van der Waals surface area contributed by atoms with Gasteiger partial charge in [0.2, 0.25) is 0 Å². The Kier molecular flexibility index (Phi) is 6.69. The largest absolute Gasteiger partial charge is 0.391 e. The van der Waals surface area contributed by atoms with Gasteiger partial charge in [0.15, 0.2) is 0 Å². The summed E-state index contributed by atoms with van der Waals surface area (Å²) in [6.45, 7) is 5.33. The minimum atomic E-state index is -0.500. The van der Waals surface area contributed by atoms with Crippen molar-refractivity contribution in [1.82, 2.24) is 19.9 Å². The number of hydrogen-bond acceptors (Lipinski definition) is 6. The molecule has 9 heteroatoms. The zero-order valence-electron chi connectivity index (χ0n) is 21.4. The second kappa shape index (κ2) is 10.1. The quantitative estimate of drug-likeness (QED) is 0.289. The first-order chi connectivity index (χ1) is 18.2. The summed E-state index contributed by atoms with van der Waals surface area (Å²) in [4.78, 5) is 33.5. The van der Waals surface area contributed by atoms with Gasteiger partial charge < -0.3 is 26.0 Å². The molecule has 2 aromatic carbocycles. The molecule has 0 bridgehead atoms. The minimum Gasteiger partial charge on any atom is -0.391 e. The van der Waals surface area contributed by atoms with Crippen LogP contribution in [0, 0.1) is 0 Å². The van der Waals surface area contributed by atoms with Gasteiger partial charge in [-0.05, 0) is 61.6 Å². The van der Waals surface area contributed by atoms with E-state index in [9.17, 15) is 14.7 Å². The Morgan fingerprint density at radius 1 is 1.05 bits per heavy atom. The van der Waals surface area contributed by atoms with Crippen LogP contribution in [0.3, 0.4) is 0 Å². The molecular formula is C29H30N6O3. The second-order valence-corrected chi connectivity index (χ2v) is 9.71. The van der Waals surface area contributed by atoms with Crippen LogP contribution in [0.4, 0.5) is 11.5 Å². The summed E-state index contributed by atoms with van der Waals surface area (Å²) in [6, 6.07) is 14.6. The van der Waals surface area contributed by atoms with Gasteiger partial charge in [-0.1, -0.05) is 30.8 Å². The number of aliphatic hydroxyl groups excluding tert-OH is 1. The molecule has 194 valence electrons. The summed E-state index contributed by atoms with van der Waals surface area (Å²) >= 11 is 0. The zero-order chi connectivity index (χ0) is 27.0. The predicted molar refractivity (Wildman–Crippen MR) is 148 cm³/mol. The number of nitrogen functional groups attached to an aromatic ring is 1. The molecule has 5 rings (SSSR count). The van der Waals surface area contributed by atoms with E-state index in [-0.39, 0.29) is 17.9 Å². The molecule has 1 aliphatic carbocycles. The number of nitrogens with one attached hydrogen (secondary N) is 2. The molecule has 0 aliphatic heterocycles. The summed E-state index contributed by atoms with van der Waals surface area (Å²) in [5.41, 5.74) is 12.1. The van der Waals surface area contributed by atoms with Crippen molar-refractivity contribution in [3.05, 3.63) is 72.6 Å². The number of rotatable bonds is 6. The highest BCUT2D eigenvalue weighted by Gasteiger charge is 2.27. The summed E-state index contributed by atoms with van der Waals surface area (Å²) in [5, 5.41) is 16.5. The van der Waals surface area contributed by atoms with Gasteiger partial charge in [-0.25, -0.2) is 9.97 Å². The molecule has 2 heterocycles. The van der Waals surface area contributed by atoms with Crippen LogP contribution >= 0.6 is 0 Å². The summed E-state index contributed by atoms with van der Waals surface area (Å²) in [5.74, 6) is -0.0946. The highest BCUT2D eigenvalue weighted by atomic mass is 16.3. The molecular weight excluding hydrogens is 480 g/mol. The molecule has 9 nitrogen and oxygen atoms in total. The average Bonchev–Trinajstić information content (AvgIpc) is 3.45. The van der Waals surface area contributed by atoms with Gasteiger partial charge in [0.05, 0.1) is 23.2 Å². The van der Waals surface area contributed by atoms with Crippen molar-refractivity contribution >= 4 is 34.4 Å². The fourth-order valence-electron chi connectivity index (χ4n) is 4.99. The van der Waals surface area contributed by atoms with Gasteiger partial charge >= 0.3 is 0 Å². The van der Waals surface area contributed by atoms with Crippen molar-refractivity contribution < 1.29 is 14.7 Å². The number of nitrogens with zero attached hydrogens (tertiary/aromatic N) is 3. The lowest BCUT2D eigenvalue weighted by molar-refractivity contribution is -0.112. The van der Waals surface area contributed by atoms with Crippen molar-refractivity contribution in [3.8, 4) is 22.4 Å². The zero-order valence-corrected chi connectivity index (χ0v) is 21.4. The Morgan fingerprint density at radius 3 is 2.37 bits per heavy atom. The van der Waals surface area contributed by atoms with Gasteiger partial charge in [0.25, 0.3) is 11.8 Å². The van der Waals surface area contributed by atoms with Crippen LogP contribution in [0.5, 0.6) is 0 Å². The van der Waals surface area contributed by atoms with E-state index in [4.69, 9.17) is 5.73 Å². The SMILES string of the molecule is C=C(C)C(=O)Nc1ccc(-c2c(-c3ccc(C(=O)NC4CCCC4O)cc3)c3c(N)ncnc3n2C)cc1. The van der Waals surface area contributed by atoms with E-state index in [1.165, 1.54) is 6.33 Å². The molecule has 2 amide bonds. The molecule has 5 N–H and O–H groups in total. The smallest absolute Gasteiger partial charge is 0.251 e. The lowest BCUT2D eigenvalue weighted by Gasteiger charge is -2.16. The number of aliphatic hydroxyl groups is 1. The number of carbonyl (C=O) groups is 2. The van der Waals surface area contributed by atoms with Crippen LogP contribution in [0.25, 0.3) is 33.4 Å². The lowest BCUT2D eigenvalue weighted by atomic mass is 9.97. The highest BCUT2D eigenvalue weighted by Crippen LogP contribution is 2.41. The van der Waals surface area contributed by atoms with Crippen molar-refractivity contribution in [2.24, 2.45) is 7.05 Å². The molecule has 0 spiro atoms. The Hall–Kier alpha value is -4.50. The summed E-state index contributed by atoms with van der Waals surface area (Å²) < 4.78 is 1.96. The van der Waals surface area contributed by atoms with Crippen LogP contribution in [0.15, 0.2) is 67.0 Å². The van der Waals surface area contributed by atoms with Crippen molar-refractivity contribution in [1.29, 1.82) is 0 Å². The van der Waals surface area contributed by atoms with Crippen LogP contribution in [-0.2, 0) is 11.8 Å². The molecule has 1 aliphatic rings. The van der Waals surface area contributed by atoms with E-state index in [1.807, 2.05) is 48.0 Å². The summed E-state index contributed by atoms with van der Waals surface area (Å²) in [7, 11) is 1.92. The number of aryl methyl sites for hydroxylation is 1. The molecule has 1 fully saturated rings. The maximum absolute atomic E-state index is 12.8. The first kappa shape index (κ1) is 25.2. The Labute approximate surface area is 220 Å². The number of aromatic nitrogens is 3. The minimum absolute atomic E-state index is 0.212. The maximum atomic E-state index is 12.8. The van der Waals surface area contributed by atoms with Crippen LogP contribution in [0.1, 0.15) is 36.5 Å². The van der Waals surface area contributed by atoms with E-state index >= 15 is 0 Å². The Balaban J connectivity index is 1.54. The third-order valence-corrected chi connectivity index (χ3v) is 7.03. The number of nitrogens with two attached hydrogens (primary N) is 1. The molecule has 0 saturated heterocycles. The van der Waals surface area contributed by atoms with Crippen molar-refractivity contribution in [2.75, 3.05) is 11.1 Å². The molecule has 38 heavy (non-hydrogen) atoms. The van der Waals surface area contributed by atoms with Crippen LogP contribution in [-0.4, -0.2) is 43.6 Å². The van der Waals surface area contributed by atoms with E-state index in [1.54, 1.807) is 19.1 Å². The van der Waals surface area contributed by atoms with Crippen LogP contribution in [0.2, 0.25) is 0 Å². The van der Waals surface area contributed by atoms with Gasteiger partial charge in [-0.15, -0.1) is 0 Å². The van der Waals surface area contributed by atoms with E-state index in [2.05, 4.69) is 27.2 Å². The molecule has 1 saturated carbocycles. The monoisotopic (exact) mass is 510 g/mol. The Morgan fingerprint density at radius 2 is 1.74 bits per heavy atom. The number of fused-ring (bicyclic) bond motifs is 1. The molecule has 2 atom stereocenters. The average molecular weight is 511 g/mol. The number of benzene rings is 2. The first-order valence-electron chi connectivity index (χ1n) is 12.5. The second-order valence-electron chi connectivity index (χ2n) is 9.71. The van der Waals surface area contributed by atoms with Gasteiger partial charge in [-0.2, -0.15) is 0 Å². The van der Waals surface area contributed by atoms with E-state index in [0.29, 0.717) is 34.7 Å². The predicted octanol–water partition coefficient (Wildman–Crippen LogP) is 4.04. The molecule has 2 unspecified atom stereocenters. The normalized spacial score (nSPS) is 16.9. The van der Waals surface area contributed by atoms with E-state index in [0.717, 1.165) is 40.6 Å². The fourth-order valence-corrected chi connectivity index (χ4v) is 4.99. The van der Waals surface area contributed by atoms with Gasteiger partial charge in [0, 0.05) is 29.4 Å². The van der Waals surface area contributed by atoms with Crippen molar-refractivity contribution in [2.45, 2.75) is 38.3 Å². The third kappa shape index (κ3) is 4.64. The topological polar surface area (TPSA) is 135 Å². The number of carbonyl (C=O) groups excluding carboxylic acids is 2. The highest BCUT2D eigenvalue weighted by molar-refractivity contribution is 6.08. The van der Waals surface area contributed by atoms with Crippen molar-refractivity contribution in [3.63, 3.8) is 0 Å². The van der Waals surface area contributed by atoms with E-state index < -0.39 is 6.10 Å². The lowest BCUT2D eigenvalue weighted by Crippen LogP contribution is -2.39. The number of anilines is 2. The number of hydrogen-bond donors (Lipinski definition) is 4. The standard InChI is InChI=1S/C29H30N6O3/c1-16(2)28(37)33-20-13-11-18(12-14-20)25-23(24-26(30)31-15-32-27(24)35(25)3)17-7-9-19(10-8-17)29(38)34-21-5-4-6-22(21)36/h7-15,21-22,36H,1,4-6H2,2-3H3,(H,33,37)(H,34,38)(H2,30,31,32). The van der Waals surface area contributed by atoms with Gasteiger partial charge in [0.1, 0.15) is 17.8 Å². The third-order valence-electron chi connectivity index (χ3n) is 7.03. The number of amides is 2. The maximum Gasteiger partial charge on any atom is 0.251 e. The van der Waals surface area contributed by atoms with Crippen LogP contribution < -0.4 is 16.4 Å². The van der Waals surface area contributed by atoms with Gasteiger partial charge in [-0.3, -0.25) is 9.59 Å². The molecule has 4 aromatic rings. The molecule has 0 radical (unpaired) electrons. The first-order valence-corrected chi connectivity index (χ1v) is 12.5. The molecule has 2 aromatic heterocycles. The fraction of sp³-hybridized carbons (Fsp3) is 0.241. The summed E-state index contributed by atoms with van der Waals surface area (Å²) in [6.07, 6.45) is 3.32. The Bertz CT molecular complexity index is 1540.